The maximum atomic E-state index is 12.1. The molecule has 2 N–H and O–H groups in total. The zero-order valence-electron chi connectivity index (χ0n) is 16.2. The lowest BCUT2D eigenvalue weighted by Gasteiger charge is -2.40. The molecular weight excluding hydrogens is 352 g/mol. The fraction of sp³-hybridized carbons (Fsp3) is 0.286. The topological polar surface area (TPSA) is 75.1 Å². The molecule has 1 aliphatic rings. The van der Waals surface area contributed by atoms with Crippen LogP contribution >= 0.6 is 0 Å². The van der Waals surface area contributed by atoms with Crippen LogP contribution in [0, 0.1) is 0 Å². The van der Waals surface area contributed by atoms with Crippen molar-refractivity contribution < 1.29 is 4.79 Å². The van der Waals surface area contributed by atoms with E-state index in [2.05, 4.69) is 62.0 Å². The molecule has 3 atom stereocenters. The predicted octanol–water partition coefficient (Wildman–Crippen LogP) is 2.61. The Labute approximate surface area is 164 Å². The first-order valence-corrected chi connectivity index (χ1v) is 9.30. The molecule has 0 unspecified atom stereocenters. The van der Waals surface area contributed by atoms with Crippen molar-refractivity contribution in [3.63, 3.8) is 0 Å². The minimum absolute atomic E-state index is 0.0776. The van der Waals surface area contributed by atoms with Crippen molar-refractivity contribution in [2.24, 2.45) is 0 Å². The third kappa shape index (κ3) is 3.31. The third-order valence-electron chi connectivity index (χ3n) is 5.10. The van der Waals surface area contributed by atoms with Gasteiger partial charge in [0.1, 0.15) is 12.4 Å². The van der Waals surface area contributed by atoms with E-state index < -0.39 is 0 Å². The van der Waals surface area contributed by atoms with Crippen LogP contribution in [-0.2, 0) is 4.79 Å². The van der Waals surface area contributed by atoms with Gasteiger partial charge in [-0.25, -0.2) is 4.68 Å². The maximum Gasteiger partial charge on any atom is 0.222 e. The van der Waals surface area contributed by atoms with E-state index >= 15 is 0 Å². The number of amides is 1. The number of fused-ring (bicyclic) bond motifs is 1. The Morgan fingerprint density at radius 2 is 1.79 bits per heavy atom. The fourth-order valence-electron chi connectivity index (χ4n) is 3.79. The minimum atomic E-state index is -0.223. The lowest BCUT2D eigenvalue weighted by molar-refractivity contribution is -0.120. The van der Waals surface area contributed by atoms with E-state index in [9.17, 15) is 4.79 Å². The van der Waals surface area contributed by atoms with Gasteiger partial charge in [-0.15, -0.1) is 0 Å². The summed E-state index contributed by atoms with van der Waals surface area (Å²) in [7, 11) is 4.03. The quantitative estimate of drug-likeness (QED) is 0.732. The van der Waals surface area contributed by atoms with Crippen molar-refractivity contribution in [3.8, 4) is 0 Å². The van der Waals surface area contributed by atoms with Crippen molar-refractivity contribution in [2.45, 2.75) is 25.0 Å². The molecule has 0 spiro atoms. The average molecular weight is 376 g/mol. The SMILES string of the molecule is CC(=O)N[C@@H]1[C@H](c2ccc(N(C)C)cc2)Nc2ncnn2[C@H]1c1ccccc1. The summed E-state index contributed by atoms with van der Waals surface area (Å²) in [5, 5.41) is 11.0. The first-order chi connectivity index (χ1) is 13.5. The van der Waals surface area contributed by atoms with Gasteiger partial charge in [0.2, 0.25) is 11.9 Å². The van der Waals surface area contributed by atoms with E-state index in [0.29, 0.717) is 5.95 Å². The standard InChI is InChI=1S/C21H24N6O/c1-14(28)24-19-18(15-9-11-17(12-10-15)26(2)3)25-21-22-13-23-27(21)20(19)16-7-5-4-6-8-16/h4-13,18-20H,1-3H3,(H,24,28)(H,22,23,25)/t18-,19+,20-/m0/s1. The van der Waals surface area contributed by atoms with Crippen LogP contribution in [0.15, 0.2) is 60.9 Å². The number of nitrogens with one attached hydrogen (secondary N) is 2. The normalized spacial score (nSPS) is 20.8. The van der Waals surface area contributed by atoms with Crippen LogP contribution in [0.1, 0.15) is 30.1 Å². The van der Waals surface area contributed by atoms with Gasteiger partial charge in [0, 0.05) is 26.7 Å². The molecule has 28 heavy (non-hydrogen) atoms. The van der Waals surface area contributed by atoms with E-state index in [4.69, 9.17) is 0 Å². The fourth-order valence-corrected chi connectivity index (χ4v) is 3.79. The number of hydrogen-bond donors (Lipinski definition) is 2. The molecule has 7 nitrogen and oxygen atoms in total. The highest BCUT2D eigenvalue weighted by atomic mass is 16.1. The summed E-state index contributed by atoms with van der Waals surface area (Å²) in [6, 6.07) is 17.9. The Hall–Kier alpha value is -3.35. The summed E-state index contributed by atoms with van der Waals surface area (Å²) in [5.74, 6) is 0.614. The molecule has 3 aromatic rings. The number of carbonyl (C=O) groups is 1. The first-order valence-electron chi connectivity index (χ1n) is 9.30. The van der Waals surface area contributed by atoms with Crippen LogP contribution in [0.25, 0.3) is 0 Å². The lowest BCUT2D eigenvalue weighted by Crippen LogP contribution is -2.50. The number of aromatic nitrogens is 3. The van der Waals surface area contributed by atoms with Gasteiger partial charge in [-0.3, -0.25) is 4.79 Å². The van der Waals surface area contributed by atoms with Gasteiger partial charge in [-0.05, 0) is 23.3 Å². The van der Waals surface area contributed by atoms with Crippen LogP contribution in [0.5, 0.6) is 0 Å². The highest BCUT2D eigenvalue weighted by molar-refractivity contribution is 5.73. The minimum Gasteiger partial charge on any atom is -0.378 e. The maximum absolute atomic E-state index is 12.1. The molecule has 0 radical (unpaired) electrons. The molecule has 7 heteroatoms. The van der Waals surface area contributed by atoms with E-state index in [1.54, 1.807) is 13.3 Å². The van der Waals surface area contributed by atoms with Crippen LogP contribution in [0.2, 0.25) is 0 Å². The molecule has 1 amide bonds. The molecule has 0 aliphatic carbocycles. The molecular formula is C21H24N6O. The zero-order chi connectivity index (χ0) is 19.7. The van der Waals surface area contributed by atoms with Crippen molar-refractivity contribution >= 4 is 17.5 Å². The molecule has 0 saturated carbocycles. The summed E-state index contributed by atoms with van der Waals surface area (Å²) in [6.07, 6.45) is 1.54. The van der Waals surface area contributed by atoms with Crippen molar-refractivity contribution in [1.29, 1.82) is 0 Å². The van der Waals surface area contributed by atoms with Gasteiger partial charge in [-0.1, -0.05) is 42.5 Å². The molecule has 1 aromatic heterocycles. The van der Waals surface area contributed by atoms with E-state index in [1.165, 1.54) is 0 Å². The Kier molecular flexibility index (Phi) is 4.73. The molecule has 0 fully saturated rings. The number of rotatable bonds is 4. The van der Waals surface area contributed by atoms with Crippen LogP contribution in [0.4, 0.5) is 11.6 Å². The summed E-state index contributed by atoms with van der Waals surface area (Å²) < 4.78 is 1.85. The highest BCUT2D eigenvalue weighted by Crippen LogP contribution is 2.38. The predicted molar refractivity (Wildman–Crippen MR) is 109 cm³/mol. The number of benzene rings is 2. The average Bonchev–Trinajstić information content (AvgIpc) is 3.16. The van der Waals surface area contributed by atoms with Crippen LogP contribution < -0.4 is 15.5 Å². The molecule has 1 aliphatic heterocycles. The summed E-state index contributed by atoms with van der Waals surface area (Å²) in [4.78, 5) is 18.5. The number of carbonyl (C=O) groups excluding carboxylic acids is 1. The van der Waals surface area contributed by atoms with Gasteiger partial charge in [0.15, 0.2) is 0 Å². The molecule has 4 rings (SSSR count). The monoisotopic (exact) mass is 376 g/mol. The van der Waals surface area contributed by atoms with Crippen LogP contribution in [-0.4, -0.2) is 40.8 Å². The van der Waals surface area contributed by atoms with E-state index in [-0.39, 0.29) is 24.0 Å². The Morgan fingerprint density at radius 3 is 2.43 bits per heavy atom. The zero-order valence-corrected chi connectivity index (χ0v) is 16.2. The second-order valence-corrected chi connectivity index (χ2v) is 7.22. The second-order valence-electron chi connectivity index (χ2n) is 7.22. The Balaban J connectivity index is 1.80. The van der Waals surface area contributed by atoms with Gasteiger partial charge in [0.25, 0.3) is 0 Å². The summed E-state index contributed by atoms with van der Waals surface area (Å²) in [5.41, 5.74) is 3.28. The first kappa shape index (κ1) is 18.0. The molecule has 0 saturated heterocycles. The molecule has 2 heterocycles. The molecule has 0 bridgehead atoms. The van der Waals surface area contributed by atoms with Gasteiger partial charge in [-0.2, -0.15) is 10.1 Å². The van der Waals surface area contributed by atoms with E-state index in [0.717, 1.165) is 16.8 Å². The number of hydrogen-bond acceptors (Lipinski definition) is 5. The van der Waals surface area contributed by atoms with Crippen LogP contribution in [0.3, 0.4) is 0 Å². The molecule has 2 aromatic carbocycles. The molecule has 144 valence electrons. The van der Waals surface area contributed by atoms with Gasteiger partial charge < -0.3 is 15.5 Å². The Morgan fingerprint density at radius 1 is 1.07 bits per heavy atom. The summed E-state index contributed by atoms with van der Waals surface area (Å²) in [6.45, 7) is 1.55. The second kappa shape index (κ2) is 7.34. The van der Waals surface area contributed by atoms with Crippen molar-refractivity contribution in [1.82, 2.24) is 20.1 Å². The van der Waals surface area contributed by atoms with Crippen molar-refractivity contribution in [3.05, 3.63) is 72.1 Å². The van der Waals surface area contributed by atoms with Gasteiger partial charge >= 0.3 is 0 Å². The third-order valence-corrected chi connectivity index (χ3v) is 5.10. The number of nitrogens with zero attached hydrogens (tertiary/aromatic N) is 4. The smallest absolute Gasteiger partial charge is 0.222 e. The largest absolute Gasteiger partial charge is 0.378 e. The lowest BCUT2D eigenvalue weighted by atomic mass is 9.88. The summed E-state index contributed by atoms with van der Waals surface area (Å²) >= 11 is 0. The number of anilines is 2. The Bertz CT molecular complexity index is 951. The highest BCUT2D eigenvalue weighted by Gasteiger charge is 2.40. The van der Waals surface area contributed by atoms with Crippen molar-refractivity contribution in [2.75, 3.05) is 24.3 Å². The van der Waals surface area contributed by atoms with E-state index in [1.807, 2.05) is 37.0 Å². The van der Waals surface area contributed by atoms with Gasteiger partial charge in [0.05, 0.1) is 12.1 Å².